The van der Waals surface area contributed by atoms with E-state index in [4.69, 9.17) is 4.74 Å². The summed E-state index contributed by atoms with van der Waals surface area (Å²) in [4.78, 5) is 0. The Bertz CT molecular complexity index is 2040. The highest BCUT2D eigenvalue weighted by Crippen LogP contribution is 2.60. The lowest BCUT2D eigenvalue weighted by atomic mass is 9.76. The van der Waals surface area contributed by atoms with Gasteiger partial charge in [0.1, 0.15) is 17.4 Å². The molecule has 1 nitrogen and oxygen atoms in total. The van der Waals surface area contributed by atoms with E-state index in [0.717, 1.165) is 30.3 Å². The van der Waals surface area contributed by atoms with Crippen molar-refractivity contribution in [3.63, 3.8) is 0 Å². The zero-order valence-corrected chi connectivity index (χ0v) is 25.6. The van der Waals surface area contributed by atoms with Crippen LogP contribution in [0.15, 0.2) is 89.4 Å². The molecule has 0 fully saturated rings. The van der Waals surface area contributed by atoms with Gasteiger partial charge in [0.15, 0.2) is 5.60 Å². The van der Waals surface area contributed by atoms with Gasteiger partial charge in [0.25, 0.3) is 0 Å². The summed E-state index contributed by atoms with van der Waals surface area (Å²) in [5.41, 5.74) is -2.68. The Hall–Kier alpha value is -4.18. The fourth-order valence-electron chi connectivity index (χ4n) is 6.85. The summed E-state index contributed by atoms with van der Waals surface area (Å²) in [6.07, 6.45) is -7.09. The summed E-state index contributed by atoms with van der Waals surface area (Å²) >= 11 is 3.41. The maximum atomic E-state index is 14.9. The fraction of sp³-hybridized carbons (Fsp3) is 0.167. The molecule has 234 valence electrons. The van der Waals surface area contributed by atoms with Gasteiger partial charge in [-0.15, -0.1) is 0 Å². The standard InChI is InChI=1S/C36H21BrF8O/c1-33(2)27-12-7-21(37)17-25(27)29-26-15-20(35(40,41)42)16-28(36(43,44)45)30(26)32-24(31(29)33)13-14-34(46-32,18-3-8-22(38)9-4-18)19-5-10-23(39)11-6-19/h3-17H,1-2H3. The summed E-state index contributed by atoms with van der Waals surface area (Å²) in [5.74, 6) is -1.44. The average molecular weight is 701 g/mol. The highest BCUT2D eigenvalue weighted by atomic mass is 79.9. The normalized spacial score (nSPS) is 16.2. The highest BCUT2D eigenvalue weighted by Gasteiger charge is 2.47. The Labute approximate surface area is 266 Å². The molecule has 0 radical (unpaired) electrons. The molecule has 5 aromatic rings. The molecule has 0 N–H and O–H groups in total. The van der Waals surface area contributed by atoms with Gasteiger partial charge in [0.2, 0.25) is 0 Å². The minimum Gasteiger partial charge on any atom is -0.472 e. The largest absolute Gasteiger partial charge is 0.472 e. The molecule has 2 aliphatic rings. The predicted molar refractivity (Wildman–Crippen MR) is 162 cm³/mol. The van der Waals surface area contributed by atoms with E-state index in [1.807, 2.05) is 13.8 Å². The number of hydrogen-bond donors (Lipinski definition) is 0. The Kier molecular flexibility index (Phi) is 6.56. The molecule has 7 rings (SSSR count). The zero-order valence-electron chi connectivity index (χ0n) is 24.0. The van der Waals surface area contributed by atoms with Crippen LogP contribution in [0.5, 0.6) is 5.75 Å². The van der Waals surface area contributed by atoms with Gasteiger partial charge in [0, 0.05) is 32.0 Å². The van der Waals surface area contributed by atoms with E-state index < -0.39 is 51.5 Å². The molecule has 1 aliphatic carbocycles. The fourth-order valence-corrected chi connectivity index (χ4v) is 7.21. The average Bonchev–Trinajstić information content (AvgIpc) is 3.22. The number of rotatable bonds is 2. The molecule has 5 aromatic carbocycles. The van der Waals surface area contributed by atoms with Crippen LogP contribution in [0.4, 0.5) is 35.1 Å². The maximum Gasteiger partial charge on any atom is 0.417 e. The molecule has 1 heterocycles. The molecule has 10 heteroatoms. The third kappa shape index (κ3) is 4.47. The molecule has 0 unspecified atom stereocenters. The summed E-state index contributed by atoms with van der Waals surface area (Å²) in [7, 11) is 0. The van der Waals surface area contributed by atoms with Crippen LogP contribution in [0.3, 0.4) is 0 Å². The summed E-state index contributed by atoms with van der Waals surface area (Å²) in [5, 5.41) is -0.820. The molecule has 0 saturated heterocycles. The smallest absolute Gasteiger partial charge is 0.417 e. The number of fused-ring (bicyclic) bond motifs is 8. The third-order valence-electron chi connectivity index (χ3n) is 8.87. The third-order valence-corrected chi connectivity index (χ3v) is 9.37. The van der Waals surface area contributed by atoms with Crippen molar-refractivity contribution in [2.75, 3.05) is 0 Å². The zero-order chi connectivity index (χ0) is 33.0. The lowest BCUT2D eigenvalue weighted by Crippen LogP contribution is -2.35. The van der Waals surface area contributed by atoms with Crippen molar-refractivity contribution in [3.05, 3.63) is 140 Å². The predicted octanol–water partition coefficient (Wildman–Crippen LogP) is 11.6. The van der Waals surface area contributed by atoms with Crippen molar-refractivity contribution >= 4 is 32.8 Å². The Morgan fingerprint density at radius 3 is 1.85 bits per heavy atom. The quantitative estimate of drug-likeness (QED) is 0.167. The lowest BCUT2D eigenvalue weighted by Gasteiger charge is -2.39. The molecule has 0 amide bonds. The van der Waals surface area contributed by atoms with Crippen molar-refractivity contribution in [3.8, 4) is 16.9 Å². The van der Waals surface area contributed by atoms with Crippen LogP contribution in [-0.2, 0) is 23.4 Å². The second kappa shape index (κ2) is 9.91. The second-order valence-corrected chi connectivity index (χ2v) is 12.9. The molecule has 0 atom stereocenters. The van der Waals surface area contributed by atoms with Crippen LogP contribution in [-0.4, -0.2) is 0 Å². The van der Waals surface area contributed by atoms with Crippen LogP contribution in [0.25, 0.3) is 28.0 Å². The van der Waals surface area contributed by atoms with Gasteiger partial charge < -0.3 is 4.74 Å². The molecule has 0 bridgehead atoms. The number of halogens is 9. The van der Waals surface area contributed by atoms with E-state index >= 15 is 0 Å². The van der Waals surface area contributed by atoms with E-state index in [1.54, 1.807) is 30.4 Å². The first-order chi connectivity index (χ1) is 21.5. The van der Waals surface area contributed by atoms with E-state index in [1.165, 1.54) is 24.3 Å². The number of hydrogen-bond acceptors (Lipinski definition) is 1. The summed E-state index contributed by atoms with van der Waals surface area (Å²) in [6.45, 7) is 3.71. The van der Waals surface area contributed by atoms with Crippen LogP contribution < -0.4 is 4.74 Å². The molecule has 0 saturated carbocycles. The topological polar surface area (TPSA) is 9.23 Å². The van der Waals surface area contributed by atoms with E-state index in [9.17, 15) is 35.1 Å². The molecular formula is C36H21BrF8O. The summed E-state index contributed by atoms with van der Waals surface area (Å²) in [6, 6.07) is 16.3. The second-order valence-electron chi connectivity index (χ2n) is 11.9. The lowest BCUT2D eigenvalue weighted by molar-refractivity contribution is -0.142. The monoisotopic (exact) mass is 700 g/mol. The first-order valence-electron chi connectivity index (χ1n) is 14.1. The van der Waals surface area contributed by atoms with Crippen molar-refractivity contribution in [2.45, 2.75) is 37.2 Å². The first-order valence-corrected chi connectivity index (χ1v) is 14.8. The van der Waals surface area contributed by atoms with Crippen molar-refractivity contribution in [2.24, 2.45) is 0 Å². The Morgan fingerprint density at radius 2 is 1.30 bits per heavy atom. The van der Waals surface area contributed by atoms with Gasteiger partial charge in [-0.1, -0.05) is 66.2 Å². The first kappa shape index (κ1) is 30.5. The van der Waals surface area contributed by atoms with Gasteiger partial charge >= 0.3 is 12.4 Å². The SMILES string of the molecule is CC1(C)c2ccc(Br)cc2-c2c1c1c(c3c(C(F)(F)F)cc(C(F)(F)F)cc23)OC(c2ccc(F)cc2)(c2ccc(F)cc2)C=C1. The minimum absolute atomic E-state index is 0.107. The van der Waals surface area contributed by atoms with Crippen molar-refractivity contribution in [1.82, 2.24) is 0 Å². The Morgan fingerprint density at radius 1 is 0.717 bits per heavy atom. The Balaban J connectivity index is 1.67. The number of ether oxygens (including phenoxy) is 1. The van der Waals surface area contributed by atoms with E-state index in [2.05, 4.69) is 15.9 Å². The maximum absolute atomic E-state index is 14.9. The molecule has 1 aliphatic heterocycles. The van der Waals surface area contributed by atoms with Crippen LogP contribution in [0.1, 0.15) is 52.8 Å². The molecule has 46 heavy (non-hydrogen) atoms. The van der Waals surface area contributed by atoms with Crippen LogP contribution in [0, 0.1) is 11.6 Å². The van der Waals surface area contributed by atoms with Crippen LogP contribution >= 0.6 is 15.9 Å². The molecule has 0 aromatic heterocycles. The van der Waals surface area contributed by atoms with Gasteiger partial charge in [-0.2, -0.15) is 26.3 Å². The van der Waals surface area contributed by atoms with Crippen molar-refractivity contribution < 1.29 is 39.9 Å². The highest BCUT2D eigenvalue weighted by molar-refractivity contribution is 9.10. The van der Waals surface area contributed by atoms with Gasteiger partial charge in [0.05, 0.1) is 11.1 Å². The summed E-state index contributed by atoms with van der Waals surface area (Å²) < 4.78 is 123. The minimum atomic E-state index is -5.21. The van der Waals surface area contributed by atoms with E-state index in [-0.39, 0.29) is 28.3 Å². The van der Waals surface area contributed by atoms with Crippen LogP contribution in [0.2, 0.25) is 0 Å². The van der Waals surface area contributed by atoms with Gasteiger partial charge in [-0.05, 0) is 82.2 Å². The number of alkyl halides is 6. The van der Waals surface area contributed by atoms with Gasteiger partial charge in [-0.25, -0.2) is 8.78 Å². The van der Waals surface area contributed by atoms with Gasteiger partial charge in [-0.3, -0.25) is 0 Å². The molecular weight excluding hydrogens is 680 g/mol. The molecule has 0 spiro atoms. The number of benzene rings is 5. The van der Waals surface area contributed by atoms with Crippen molar-refractivity contribution in [1.29, 1.82) is 0 Å². The van der Waals surface area contributed by atoms with E-state index in [0.29, 0.717) is 32.3 Å².